The minimum Gasteiger partial charge on any atom is -0.309 e. The SMILES string of the molecule is CSCCNC(C)c1cc2c(s1)CCC2. The van der Waals surface area contributed by atoms with Crippen molar-refractivity contribution in [2.75, 3.05) is 18.6 Å². The van der Waals surface area contributed by atoms with E-state index in [-0.39, 0.29) is 0 Å². The number of aryl methyl sites for hydroxylation is 2. The van der Waals surface area contributed by atoms with Crippen LogP contribution in [0.15, 0.2) is 6.07 Å². The maximum Gasteiger partial charge on any atom is 0.0386 e. The molecule has 1 atom stereocenters. The Morgan fingerprint density at radius 3 is 3.13 bits per heavy atom. The van der Waals surface area contributed by atoms with Crippen LogP contribution in [0.2, 0.25) is 0 Å². The van der Waals surface area contributed by atoms with Gasteiger partial charge < -0.3 is 5.32 Å². The van der Waals surface area contributed by atoms with E-state index in [0.717, 1.165) is 6.54 Å². The number of rotatable bonds is 5. The van der Waals surface area contributed by atoms with Crippen LogP contribution < -0.4 is 5.32 Å². The molecule has 1 N–H and O–H groups in total. The highest BCUT2D eigenvalue weighted by molar-refractivity contribution is 7.98. The summed E-state index contributed by atoms with van der Waals surface area (Å²) in [7, 11) is 0. The van der Waals surface area contributed by atoms with E-state index in [9.17, 15) is 0 Å². The minimum atomic E-state index is 0.535. The van der Waals surface area contributed by atoms with Crippen molar-refractivity contribution in [3.63, 3.8) is 0 Å². The Morgan fingerprint density at radius 1 is 1.53 bits per heavy atom. The number of thiophene rings is 1. The fraction of sp³-hybridized carbons (Fsp3) is 0.667. The van der Waals surface area contributed by atoms with E-state index < -0.39 is 0 Å². The monoisotopic (exact) mass is 241 g/mol. The van der Waals surface area contributed by atoms with E-state index in [1.54, 1.807) is 10.4 Å². The van der Waals surface area contributed by atoms with Gasteiger partial charge in [0.05, 0.1) is 0 Å². The van der Waals surface area contributed by atoms with E-state index in [1.165, 1.54) is 29.9 Å². The van der Waals surface area contributed by atoms with Gasteiger partial charge in [-0.3, -0.25) is 0 Å². The second kappa shape index (κ2) is 5.37. The average molecular weight is 241 g/mol. The van der Waals surface area contributed by atoms with Crippen molar-refractivity contribution in [2.24, 2.45) is 0 Å². The number of hydrogen-bond acceptors (Lipinski definition) is 3. The van der Waals surface area contributed by atoms with Gasteiger partial charge in [0.25, 0.3) is 0 Å². The third-order valence-electron chi connectivity index (χ3n) is 2.95. The maximum atomic E-state index is 3.58. The van der Waals surface area contributed by atoms with Crippen LogP contribution in [0.5, 0.6) is 0 Å². The summed E-state index contributed by atoms with van der Waals surface area (Å²) in [6.07, 6.45) is 6.16. The quantitative estimate of drug-likeness (QED) is 0.794. The molecule has 1 aromatic heterocycles. The normalized spacial score (nSPS) is 16.7. The van der Waals surface area contributed by atoms with Gasteiger partial charge in [-0.15, -0.1) is 11.3 Å². The van der Waals surface area contributed by atoms with Gasteiger partial charge in [0.15, 0.2) is 0 Å². The van der Waals surface area contributed by atoms with Crippen molar-refractivity contribution in [1.29, 1.82) is 0 Å². The highest BCUT2D eigenvalue weighted by atomic mass is 32.2. The first kappa shape index (κ1) is 11.5. The van der Waals surface area contributed by atoms with Crippen LogP contribution in [-0.2, 0) is 12.8 Å². The lowest BCUT2D eigenvalue weighted by molar-refractivity contribution is 0.610. The van der Waals surface area contributed by atoms with Gasteiger partial charge in [0.2, 0.25) is 0 Å². The van der Waals surface area contributed by atoms with Crippen LogP contribution in [0.1, 0.15) is 34.7 Å². The third kappa shape index (κ3) is 2.77. The van der Waals surface area contributed by atoms with Crippen molar-refractivity contribution in [2.45, 2.75) is 32.2 Å². The molecule has 1 heterocycles. The Labute approximate surface area is 101 Å². The molecule has 3 heteroatoms. The van der Waals surface area contributed by atoms with Crippen LogP contribution in [0.25, 0.3) is 0 Å². The molecule has 1 aromatic rings. The van der Waals surface area contributed by atoms with Crippen LogP contribution in [-0.4, -0.2) is 18.6 Å². The molecule has 0 bridgehead atoms. The summed E-state index contributed by atoms with van der Waals surface area (Å²) in [6, 6.07) is 2.96. The molecule has 84 valence electrons. The van der Waals surface area contributed by atoms with Crippen LogP contribution >= 0.6 is 23.1 Å². The fourth-order valence-electron chi connectivity index (χ4n) is 2.04. The molecule has 2 rings (SSSR count). The molecule has 0 radical (unpaired) electrons. The van der Waals surface area contributed by atoms with Gasteiger partial charge in [0.1, 0.15) is 0 Å². The minimum absolute atomic E-state index is 0.535. The molecule has 1 nitrogen and oxygen atoms in total. The lowest BCUT2D eigenvalue weighted by Gasteiger charge is -2.11. The van der Waals surface area contributed by atoms with Gasteiger partial charge >= 0.3 is 0 Å². The largest absolute Gasteiger partial charge is 0.309 e. The zero-order valence-electron chi connectivity index (χ0n) is 9.51. The third-order valence-corrected chi connectivity index (χ3v) is 4.98. The highest BCUT2D eigenvalue weighted by Crippen LogP contribution is 2.33. The molecule has 15 heavy (non-hydrogen) atoms. The molecule has 0 aliphatic heterocycles. The van der Waals surface area contributed by atoms with Gasteiger partial charge in [-0.2, -0.15) is 11.8 Å². The smallest absolute Gasteiger partial charge is 0.0386 e. The predicted molar refractivity (Wildman–Crippen MR) is 71.1 cm³/mol. The highest BCUT2D eigenvalue weighted by Gasteiger charge is 2.17. The summed E-state index contributed by atoms with van der Waals surface area (Å²) in [5.74, 6) is 1.20. The Bertz CT molecular complexity index is 298. The molecule has 0 saturated heterocycles. The Kier molecular flexibility index (Phi) is 4.12. The lowest BCUT2D eigenvalue weighted by atomic mass is 10.2. The maximum absolute atomic E-state index is 3.58. The Morgan fingerprint density at radius 2 is 2.40 bits per heavy atom. The molecular weight excluding hydrogens is 222 g/mol. The zero-order valence-corrected chi connectivity index (χ0v) is 11.1. The number of nitrogens with one attached hydrogen (secondary N) is 1. The molecule has 0 saturated carbocycles. The first-order valence-corrected chi connectivity index (χ1v) is 7.86. The van der Waals surface area contributed by atoms with Crippen molar-refractivity contribution >= 4 is 23.1 Å². The van der Waals surface area contributed by atoms with Gasteiger partial charge in [0, 0.05) is 28.1 Å². The van der Waals surface area contributed by atoms with Crippen LogP contribution in [0.4, 0.5) is 0 Å². The number of thioether (sulfide) groups is 1. The molecule has 1 aliphatic carbocycles. The molecule has 1 unspecified atom stereocenters. The topological polar surface area (TPSA) is 12.0 Å². The number of fused-ring (bicyclic) bond motifs is 1. The second-order valence-corrected chi connectivity index (χ2v) is 6.27. The van der Waals surface area contributed by atoms with Gasteiger partial charge in [-0.05, 0) is 44.1 Å². The van der Waals surface area contributed by atoms with Gasteiger partial charge in [-0.1, -0.05) is 0 Å². The summed E-state index contributed by atoms with van der Waals surface area (Å²) in [5, 5.41) is 3.58. The van der Waals surface area contributed by atoms with Crippen molar-refractivity contribution in [3.05, 3.63) is 21.4 Å². The standard InChI is InChI=1S/C12H19NS2/c1-9(13-6-7-14-2)12-8-10-4-3-5-11(10)15-12/h8-9,13H,3-7H2,1-2H3. The van der Waals surface area contributed by atoms with Crippen molar-refractivity contribution in [3.8, 4) is 0 Å². The number of hydrogen-bond donors (Lipinski definition) is 1. The van der Waals surface area contributed by atoms with E-state index in [2.05, 4.69) is 24.6 Å². The molecule has 1 aliphatic rings. The Hall–Kier alpha value is 0.01000. The van der Waals surface area contributed by atoms with Crippen molar-refractivity contribution in [1.82, 2.24) is 5.32 Å². The summed E-state index contributed by atoms with van der Waals surface area (Å²) in [4.78, 5) is 3.17. The molecule has 0 fully saturated rings. The first-order valence-electron chi connectivity index (χ1n) is 5.65. The molecule has 0 spiro atoms. The summed E-state index contributed by atoms with van der Waals surface area (Å²) >= 11 is 3.92. The van der Waals surface area contributed by atoms with Crippen LogP contribution in [0, 0.1) is 0 Å². The predicted octanol–water partition coefficient (Wildman–Crippen LogP) is 3.25. The summed E-state index contributed by atoms with van der Waals surface area (Å²) in [6.45, 7) is 3.40. The van der Waals surface area contributed by atoms with Gasteiger partial charge in [-0.25, -0.2) is 0 Å². The lowest BCUT2D eigenvalue weighted by Crippen LogP contribution is -2.20. The second-order valence-electron chi connectivity index (χ2n) is 4.12. The summed E-state index contributed by atoms with van der Waals surface area (Å²) < 4.78 is 0. The van der Waals surface area contributed by atoms with E-state index in [4.69, 9.17) is 0 Å². The molecule has 0 amide bonds. The molecular formula is C12H19NS2. The Balaban J connectivity index is 1.91. The average Bonchev–Trinajstić information content (AvgIpc) is 2.76. The summed E-state index contributed by atoms with van der Waals surface area (Å²) in [5.41, 5.74) is 1.62. The van der Waals surface area contributed by atoms with E-state index >= 15 is 0 Å². The molecule has 0 aromatic carbocycles. The van der Waals surface area contributed by atoms with E-state index in [0.29, 0.717) is 6.04 Å². The van der Waals surface area contributed by atoms with Crippen molar-refractivity contribution < 1.29 is 0 Å². The zero-order chi connectivity index (χ0) is 10.7. The van der Waals surface area contributed by atoms with E-state index in [1.807, 2.05) is 23.1 Å². The fourth-order valence-corrected chi connectivity index (χ4v) is 3.65. The van der Waals surface area contributed by atoms with Crippen LogP contribution in [0.3, 0.4) is 0 Å². The first-order chi connectivity index (χ1) is 7.31.